The Morgan fingerprint density at radius 3 is 2.68 bits per heavy atom. The summed E-state index contributed by atoms with van der Waals surface area (Å²) in [5, 5.41) is 6.66. The summed E-state index contributed by atoms with van der Waals surface area (Å²) in [6.07, 6.45) is 2.83. The van der Waals surface area contributed by atoms with Crippen molar-refractivity contribution in [3.63, 3.8) is 0 Å². The van der Waals surface area contributed by atoms with Gasteiger partial charge in [0.25, 0.3) is 5.91 Å². The van der Waals surface area contributed by atoms with Crippen molar-refractivity contribution in [2.75, 3.05) is 18.5 Å². The van der Waals surface area contributed by atoms with E-state index in [0.717, 1.165) is 25.0 Å². The second-order valence-corrected chi connectivity index (χ2v) is 7.50. The molecule has 0 saturated carbocycles. The summed E-state index contributed by atoms with van der Waals surface area (Å²) in [4.78, 5) is 24.9. The number of rotatable bonds is 7. The summed E-state index contributed by atoms with van der Waals surface area (Å²) in [6.45, 7) is 1.21. The van der Waals surface area contributed by atoms with Crippen LogP contribution in [0.4, 0.5) is 5.69 Å². The lowest BCUT2D eigenvalue weighted by Crippen LogP contribution is -2.32. The van der Waals surface area contributed by atoms with Gasteiger partial charge in [-0.3, -0.25) is 9.59 Å². The summed E-state index contributed by atoms with van der Waals surface area (Å²) < 4.78 is 5.52. The van der Waals surface area contributed by atoms with Crippen molar-refractivity contribution in [2.45, 2.75) is 31.8 Å². The van der Waals surface area contributed by atoms with E-state index in [1.807, 2.05) is 6.07 Å². The molecule has 0 aromatic heterocycles. The Kier molecular flexibility index (Phi) is 7.31. The minimum Gasteiger partial charge on any atom is -0.376 e. The zero-order valence-corrected chi connectivity index (χ0v) is 16.9. The van der Waals surface area contributed by atoms with Crippen LogP contribution < -0.4 is 10.6 Å². The first kappa shape index (κ1) is 20.6. The van der Waals surface area contributed by atoms with E-state index in [-0.39, 0.29) is 24.3 Å². The summed E-state index contributed by atoms with van der Waals surface area (Å²) >= 11 is 11.9. The fourth-order valence-electron chi connectivity index (χ4n) is 3.06. The first-order valence-electron chi connectivity index (χ1n) is 9.25. The number of aryl methyl sites for hydroxylation is 1. The van der Waals surface area contributed by atoms with Crippen LogP contribution in [0.5, 0.6) is 0 Å². The van der Waals surface area contributed by atoms with E-state index in [2.05, 4.69) is 10.6 Å². The molecule has 0 radical (unpaired) electrons. The molecule has 7 heteroatoms. The maximum absolute atomic E-state index is 12.5. The van der Waals surface area contributed by atoms with Crippen LogP contribution in [0.1, 0.15) is 35.2 Å². The molecule has 0 bridgehead atoms. The molecule has 1 saturated heterocycles. The van der Waals surface area contributed by atoms with E-state index in [1.54, 1.807) is 36.4 Å². The number of halogens is 2. The van der Waals surface area contributed by atoms with Gasteiger partial charge in [-0.05, 0) is 49.1 Å². The molecule has 1 aliphatic heterocycles. The van der Waals surface area contributed by atoms with Crippen LogP contribution in [-0.4, -0.2) is 31.1 Å². The minimum atomic E-state index is -0.226. The van der Waals surface area contributed by atoms with Gasteiger partial charge < -0.3 is 15.4 Å². The highest BCUT2D eigenvalue weighted by atomic mass is 35.5. The average Bonchev–Trinajstić information content (AvgIpc) is 3.21. The number of nitrogens with one attached hydrogen (secondary N) is 2. The van der Waals surface area contributed by atoms with Gasteiger partial charge >= 0.3 is 0 Å². The molecule has 0 aliphatic carbocycles. The van der Waals surface area contributed by atoms with Crippen molar-refractivity contribution in [2.24, 2.45) is 0 Å². The van der Waals surface area contributed by atoms with Crippen LogP contribution in [0.15, 0.2) is 42.5 Å². The van der Waals surface area contributed by atoms with Gasteiger partial charge in [0.1, 0.15) is 0 Å². The van der Waals surface area contributed by atoms with Crippen LogP contribution in [0.2, 0.25) is 10.0 Å². The number of hydrogen-bond donors (Lipinski definition) is 2. The molecule has 148 valence electrons. The van der Waals surface area contributed by atoms with E-state index >= 15 is 0 Å². The van der Waals surface area contributed by atoms with Gasteiger partial charge in [0.15, 0.2) is 0 Å². The average molecular weight is 421 g/mol. The van der Waals surface area contributed by atoms with E-state index in [9.17, 15) is 9.59 Å². The second-order valence-electron chi connectivity index (χ2n) is 6.69. The lowest BCUT2D eigenvalue weighted by Gasteiger charge is -2.14. The molecule has 2 aromatic rings. The third kappa shape index (κ3) is 5.71. The number of amides is 2. The highest BCUT2D eigenvalue weighted by Gasteiger charge is 2.18. The molecule has 0 unspecified atom stereocenters. The van der Waals surface area contributed by atoms with Gasteiger partial charge in [0.05, 0.1) is 27.4 Å². The van der Waals surface area contributed by atoms with Crippen LogP contribution in [0.25, 0.3) is 0 Å². The van der Waals surface area contributed by atoms with E-state index in [4.69, 9.17) is 27.9 Å². The lowest BCUT2D eigenvalue weighted by atomic mass is 10.1. The van der Waals surface area contributed by atoms with Gasteiger partial charge in [-0.2, -0.15) is 0 Å². The zero-order chi connectivity index (χ0) is 19.9. The van der Waals surface area contributed by atoms with E-state index in [0.29, 0.717) is 34.3 Å². The van der Waals surface area contributed by atoms with Crippen molar-refractivity contribution in [3.8, 4) is 0 Å². The van der Waals surface area contributed by atoms with Crippen molar-refractivity contribution in [3.05, 3.63) is 63.6 Å². The maximum atomic E-state index is 12.5. The fourth-order valence-corrected chi connectivity index (χ4v) is 3.38. The molecule has 1 atom stereocenters. The largest absolute Gasteiger partial charge is 0.376 e. The van der Waals surface area contributed by atoms with Gasteiger partial charge in [0, 0.05) is 19.6 Å². The first-order valence-corrected chi connectivity index (χ1v) is 10.0. The Morgan fingerprint density at radius 2 is 1.93 bits per heavy atom. The SMILES string of the molecule is O=C(CCc1ccc(Cl)c(Cl)c1)Nc1ccccc1C(=O)NC[C@H]1CCCO1. The molecule has 0 spiro atoms. The van der Waals surface area contributed by atoms with Crippen LogP contribution in [0, 0.1) is 0 Å². The number of para-hydroxylation sites is 1. The fraction of sp³-hybridized carbons (Fsp3) is 0.333. The van der Waals surface area contributed by atoms with Gasteiger partial charge in [0.2, 0.25) is 5.91 Å². The molecule has 28 heavy (non-hydrogen) atoms. The Bertz CT molecular complexity index is 851. The topological polar surface area (TPSA) is 67.4 Å². The predicted molar refractivity (Wildman–Crippen MR) is 111 cm³/mol. The van der Waals surface area contributed by atoms with Crippen molar-refractivity contribution < 1.29 is 14.3 Å². The third-order valence-electron chi connectivity index (χ3n) is 4.58. The molecule has 5 nitrogen and oxygen atoms in total. The highest BCUT2D eigenvalue weighted by molar-refractivity contribution is 6.42. The monoisotopic (exact) mass is 420 g/mol. The van der Waals surface area contributed by atoms with Crippen molar-refractivity contribution in [1.82, 2.24) is 5.32 Å². The molecule has 1 aliphatic rings. The lowest BCUT2D eigenvalue weighted by molar-refractivity contribution is -0.116. The predicted octanol–water partition coefficient (Wildman–Crippen LogP) is 4.47. The van der Waals surface area contributed by atoms with E-state index < -0.39 is 0 Å². The van der Waals surface area contributed by atoms with Gasteiger partial charge in [-0.25, -0.2) is 0 Å². The quantitative estimate of drug-likeness (QED) is 0.693. The molecule has 3 rings (SSSR count). The maximum Gasteiger partial charge on any atom is 0.253 e. The number of benzene rings is 2. The van der Waals surface area contributed by atoms with Gasteiger partial charge in [-0.1, -0.05) is 41.4 Å². The highest BCUT2D eigenvalue weighted by Crippen LogP contribution is 2.23. The smallest absolute Gasteiger partial charge is 0.253 e. The standard InChI is InChI=1S/C21H22Cl2N2O3/c22-17-9-7-14(12-18(17)23)8-10-20(26)25-19-6-2-1-5-16(19)21(27)24-13-15-4-3-11-28-15/h1-2,5-7,9,12,15H,3-4,8,10-11,13H2,(H,24,27)(H,25,26)/t15-/m1/s1. The summed E-state index contributed by atoms with van der Waals surface area (Å²) in [5.74, 6) is -0.402. The number of hydrogen-bond acceptors (Lipinski definition) is 3. The van der Waals surface area contributed by atoms with E-state index in [1.165, 1.54) is 0 Å². The molecular weight excluding hydrogens is 399 g/mol. The molecule has 2 N–H and O–H groups in total. The second kappa shape index (κ2) is 9.92. The third-order valence-corrected chi connectivity index (χ3v) is 5.32. The number of anilines is 1. The van der Waals surface area contributed by atoms with Crippen LogP contribution >= 0.6 is 23.2 Å². The Morgan fingerprint density at radius 1 is 1.11 bits per heavy atom. The van der Waals surface area contributed by atoms with Crippen molar-refractivity contribution in [1.29, 1.82) is 0 Å². The molecule has 1 fully saturated rings. The summed E-state index contributed by atoms with van der Waals surface area (Å²) in [7, 11) is 0. The Balaban J connectivity index is 1.56. The number of carbonyl (C=O) groups excluding carboxylic acids is 2. The summed E-state index contributed by atoms with van der Waals surface area (Å²) in [6, 6.07) is 12.3. The minimum absolute atomic E-state index is 0.0666. The molecule has 2 amide bonds. The van der Waals surface area contributed by atoms with Gasteiger partial charge in [-0.15, -0.1) is 0 Å². The van der Waals surface area contributed by atoms with Crippen molar-refractivity contribution >= 4 is 40.7 Å². The molecule has 2 aromatic carbocycles. The number of ether oxygens (including phenoxy) is 1. The number of carbonyl (C=O) groups is 2. The normalized spacial score (nSPS) is 16.0. The van der Waals surface area contributed by atoms with Crippen LogP contribution in [-0.2, 0) is 16.0 Å². The molecule has 1 heterocycles. The zero-order valence-electron chi connectivity index (χ0n) is 15.3. The Hall–Kier alpha value is -2.08. The van der Waals surface area contributed by atoms with Crippen LogP contribution in [0.3, 0.4) is 0 Å². The molecular formula is C21H22Cl2N2O3. The summed E-state index contributed by atoms with van der Waals surface area (Å²) in [5.41, 5.74) is 1.85. The first-order chi connectivity index (χ1) is 13.5. The Labute approximate surface area is 174 Å².